The molecule has 0 bridgehead atoms. The summed E-state index contributed by atoms with van der Waals surface area (Å²) in [7, 11) is 1.66. The summed E-state index contributed by atoms with van der Waals surface area (Å²) in [6.45, 7) is 10.5. The molecule has 168 valence electrons. The second kappa shape index (κ2) is 8.60. The molecule has 2 heterocycles. The summed E-state index contributed by atoms with van der Waals surface area (Å²) in [6, 6.07) is 0.00333. The number of carbonyl (C=O) groups is 1. The van der Waals surface area contributed by atoms with E-state index in [0.717, 1.165) is 12.0 Å². The lowest BCUT2D eigenvalue weighted by Crippen LogP contribution is -2.37. The molecule has 0 atom stereocenters. The summed E-state index contributed by atoms with van der Waals surface area (Å²) in [4.78, 5) is 12.9. The molecule has 0 saturated carbocycles. The predicted octanol–water partition coefficient (Wildman–Crippen LogP) is 5.74. The number of ether oxygens (including phenoxy) is 2. The fraction of sp³-hybridized carbons (Fsp3) is 0.650. The summed E-state index contributed by atoms with van der Waals surface area (Å²) in [6.07, 6.45) is 5.69. The van der Waals surface area contributed by atoms with E-state index in [0.29, 0.717) is 24.7 Å². The number of allylic oxidation sites excluding steroid dienone is 4. The highest BCUT2D eigenvalue weighted by Gasteiger charge is 2.43. The Morgan fingerprint density at radius 3 is 2.50 bits per heavy atom. The van der Waals surface area contributed by atoms with Crippen molar-refractivity contribution in [2.24, 2.45) is 10.8 Å². The zero-order valence-corrected chi connectivity index (χ0v) is 21.2. The summed E-state index contributed by atoms with van der Waals surface area (Å²) >= 11 is 6.94. The van der Waals surface area contributed by atoms with Crippen molar-refractivity contribution in [2.45, 2.75) is 54.0 Å². The molecule has 0 aromatic heterocycles. The van der Waals surface area contributed by atoms with Crippen LogP contribution in [0.3, 0.4) is 0 Å². The third-order valence-electron chi connectivity index (χ3n) is 4.88. The maximum atomic E-state index is 12.9. The summed E-state index contributed by atoms with van der Waals surface area (Å²) < 4.78 is 26.8. The SMILES string of the molecule is CC(C)N(SN(C)C(=O)OC1=C2OC=CC=C2CC1(C)C)P1(=S)OCC(C)(C)CO1. The first-order valence-corrected chi connectivity index (χ1v) is 13.3. The molecule has 1 saturated heterocycles. The van der Waals surface area contributed by atoms with Crippen molar-refractivity contribution in [3.63, 3.8) is 0 Å². The Hall–Kier alpha value is -0.830. The van der Waals surface area contributed by atoms with Crippen LogP contribution in [0.2, 0.25) is 0 Å². The average Bonchev–Trinajstić information content (AvgIpc) is 2.91. The minimum Gasteiger partial charge on any atom is -0.461 e. The van der Waals surface area contributed by atoms with Crippen LogP contribution in [-0.2, 0) is 30.3 Å². The minimum atomic E-state index is -2.71. The summed E-state index contributed by atoms with van der Waals surface area (Å²) in [5.41, 5.74) is 0.619. The van der Waals surface area contributed by atoms with Crippen molar-refractivity contribution < 1.29 is 23.3 Å². The largest absolute Gasteiger partial charge is 0.461 e. The van der Waals surface area contributed by atoms with Gasteiger partial charge in [-0.3, -0.25) is 0 Å². The molecule has 1 amide bonds. The van der Waals surface area contributed by atoms with E-state index >= 15 is 0 Å². The molecule has 0 aromatic rings. The molecule has 1 fully saturated rings. The molecule has 30 heavy (non-hydrogen) atoms. The van der Waals surface area contributed by atoms with Crippen molar-refractivity contribution in [2.75, 3.05) is 20.3 Å². The van der Waals surface area contributed by atoms with Crippen LogP contribution < -0.4 is 0 Å². The Bertz CT molecular complexity index is 836. The van der Waals surface area contributed by atoms with E-state index in [1.165, 1.54) is 16.4 Å². The van der Waals surface area contributed by atoms with Crippen LogP contribution in [0, 0.1) is 10.8 Å². The molecule has 0 unspecified atom stereocenters. The monoisotopic (exact) mass is 474 g/mol. The van der Waals surface area contributed by atoms with Gasteiger partial charge in [0, 0.05) is 23.9 Å². The topological polar surface area (TPSA) is 60.5 Å². The van der Waals surface area contributed by atoms with Gasteiger partial charge in [-0.25, -0.2) is 9.10 Å². The first kappa shape index (κ1) is 23.8. The van der Waals surface area contributed by atoms with Gasteiger partial charge in [-0.15, -0.1) is 0 Å². The lowest BCUT2D eigenvalue weighted by molar-refractivity contribution is 0.0487. The highest BCUT2D eigenvalue weighted by molar-refractivity contribution is 8.15. The number of fused-ring (bicyclic) bond motifs is 1. The average molecular weight is 475 g/mol. The number of nitrogens with zero attached hydrogens (tertiary/aromatic N) is 2. The molecule has 0 aromatic carbocycles. The minimum absolute atomic E-state index is 0.00333. The third kappa shape index (κ3) is 4.97. The molecule has 0 N–H and O–H groups in total. The smallest absolute Gasteiger partial charge is 0.425 e. The second-order valence-corrected chi connectivity index (χ2v) is 14.0. The van der Waals surface area contributed by atoms with Gasteiger partial charge in [0.25, 0.3) is 6.64 Å². The number of rotatable bonds is 5. The Labute approximate surface area is 188 Å². The van der Waals surface area contributed by atoms with Gasteiger partial charge in [-0.1, -0.05) is 33.8 Å². The lowest BCUT2D eigenvalue weighted by atomic mass is 9.90. The van der Waals surface area contributed by atoms with Crippen molar-refractivity contribution in [3.05, 3.63) is 35.5 Å². The molecule has 2 aliphatic heterocycles. The molecule has 10 heteroatoms. The van der Waals surface area contributed by atoms with Crippen molar-refractivity contribution in [1.82, 2.24) is 8.38 Å². The van der Waals surface area contributed by atoms with Crippen LogP contribution in [0.1, 0.15) is 48.0 Å². The van der Waals surface area contributed by atoms with Gasteiger partial charge in [-0.2, -0.15) is 4.08 Å². The van der Waals surface area contributed by atoms with Gasteiger partial charge < -0.3 is 18.5 Å². The quantitative estimate of drug-likeness (QED) is 0.369. The van der Waals surface area contributed by atoms with E-state index < -0.39 is 12.7 Å². The van der Waals surface area contributed by atoms with Crippen LogP contribution in [0.4, 0.5) is 4.79 Å². The van der Waals surface area contributed by atoms with Gasteiger partial charge in [-0.05, 0) is 43.7 Å². The van der Waals surface area contributed by atoms with Gasteiger partial charge >= 0.3 is 6.09 Å². The van der Waals surface area contributed by atoms with E-state index in [2.05, 4.69) is 13.8 Å². The van der Waals surface area contributed by atoms with Gasteiger partial charge in [0.1, 0.15) is 0 Å². The third-order valence-corrected chi connectivity index (χ3v) is 10.1. The standard InChI is InChI=1S/C20H31N2O5PS2/c1-14(2)22(28(29)25-12-19(3,4)13-26-28)30-21(7)18(23)27-17-16-15(9-8-10-24-16)11-20(17,5)6/h8-10,14H,11-13H2,1-7H3. The van der Waals surface area contributed by atoms with E-state index in [1.807, 2.05) is 43.9 Å². The lowest BCUT2D eigenvalue weighted by Gasteiger charge is -2.42. The summed E-state index contributed by atoms with van der Waals surface area (Å²) in [5.74, 6) is 1.17. The normalized spacial score (nSPS) is 23.8. The number of hydrogen-bond donors (Lipinski definition) is 0. The van der Waals surface area contributed by atoms with E-state index in [4.69, 9.17) is 30.3 Å². The van der Waals surface area contributed by atoms with Crippen LogP contribution in [0.25, 0.3) is 0 Å². The molecule has 7 nitrogen and oxygen atoms in total. The number of hydrogen-bond acceptors (Lipinski definition) is 7. The maximum absolute atomic E-state index is 12.9. The predicted molar refractivity (Wildman–Crippen MR) is 123 cm³/mol. The molecular formula is C20H31N2O5PS2. The zero-order chi connectivity index (χ0) is 22.3. The van der Waals surface area contributed by atoms with Gasteiger partial charge in [0.05, 0.1) is 31.6 Å². The zero-order valence-electron chi connectivity index (χ0n) is 18.6. The van der Waals surface area contributed by atoms with Gasteiger partial charge in [0.15, 0.2) is 11.5 Å². The fourth-order valence-electron chi connectivity index (χ4n) is 3.24. The summed E-state index contributed by atoms with van der Waals surface area (Å²) in [5, 5.41) is 0. The molecule has 1 aliphatic carbocycles. The van der Waals surface area contributed by atoms with Crippen molar-refractivity contribution in [1.29, 1.82) is 0 Å². The van der Waals surface area contributed by atoms with Crippen LogP contribution >= 0.6 is 18.8 Å². The van der Waals surface area contributed by atoms with E-state index in [1.54, 1.807) is 13.3 Å². The van der Waals surface area contributed by atoms with E-state index in [9.17, 15) is 4.79 Å². The maximum Gasteiger partial charge on any atom is 0.425 e. The molecule has 0 spiro atoms. The van der Waals surface area contributed by atoms with Crippen molar-refractivity contribution >= 4 is 36.7 Å². The first-order chi connectivity index (χ1) is 13.8. The van der Waals surface area contributed by atoms with Crippen LogP contribution in [0.15, 0.2) is 35.5 Å². The van der Waals surface area contributed by atoms with Crippen LogP contribution in [-0.4, -0.2) is 40.8 Å². The molecule has 0 radical (unpaired) electrons. The van der Waals surface area contributed by atoms with Gasteiger partial charge in [0.2, 0.25) is 0 Å². The number of amides is 1. The highest BCUT2D eigenvalue weighted by Crippen LogP contribution is 2.61. The Kier molecular flexibility index (Phi) is 6.83. The first-order valence-electron chi connectivity index (χ1n) is 9.95. The number of carbonyl (C=O) groups excluding carboxylic acids is 1. The second-order valence-electron chi connectivity index (χ2n) is 9.38. The molecule has 3 rings (SSSR count). The van der Waals surface area contributed by atoms with E-state index in [-0.39, 0.29) is 16.9 Å². The highest BCUT2D eigenvalue weighted by atomic mass is 32.5. The van der Waals surface area contributed by atoms with Crippen LogP contribution in [0.5, 0.6) is 0 Å². The molecule has 3 aliphatic rings. The Balaban J connectivity index is 1.72. The van der Waals surface area contributed by atoms with Crippen molar-refractivity contribution in [3.8, 4) is 0 Å². The Morgan fingerprint density at radius 2 is 1.90 bits per heavy atom. The Morgan fingerprint density at radius 1 is 1.27 bits per heavy atom. The fourth-order valence-corrected chi connectivity index (χ4v) is 7.79. The molecular weight excluding hydrogens is 443 g/mol.